The minimum Gasteiger partial charge on any atom is -0.370 e. The second-order valence-corrected chi connectivity index (χ2v) is 7.00. The maximum absolute atomic E-state index is 6.14. The Balaban J connectivity index is 1.51. The van der Waals surface area contributed by atoms with Crippen LogP contribution < -0.4 is 10.6 Å². The number of guanidine groups is 1. The van der Waals surface area contributed by atoms with Crippen molar-refractivity contribution in [1.82, 2.24) is 9.88 Å². The summed E-state index contributed by atoms with van der Waals surface area (Å²) in [5.41, 5.74) is 6.55. The lowest BCUT2D eigenvalue weighted by atomic mass is 9.71. The zero-order valence-electron chi connectivity index (χ0n) is 12.1. The van der Waals surface area contributed by atoms with E-state index in [-0.39, 0.29) is 0 Å². The summed E-state index contributed by atoms with van der Waals surface area (Å²) in [6, 6.07) is 0. The van der Waals surface area contributed by atoms with Gasteiger partial charge in [0.1, 0.15) is 0 Å². The molecular weight excluding hydrogens is 270 g/mol. The van der Waals surface area contributed by atoms with Crippen LogP contribution in [0, 0.1) is 5.41 Å². The van der Waals surface area contributed by atoms with Gasteiger partial charge in [0.25, 0.3) is 0 Å². The smallest absolute Gasteiger partial charge is 0.191 e. The number of piperazine rings is 1. The fraction of sp³-hybridized carbons (Fsp3) is 0.714. The van der Waals surface area contributed by atoms with Gasteiger partial charge in [0.2, 0.25) is 0 Å². The van der Waals surface area contributed by atoms with Crippen molar-refractivity contribution in [2.45, 2.75) is 26.2 Å². The summed E-state index contributed by atoms with van der Waals surface area (Å²) >= 11 is 1.70. The Bertz CT molecular complexity index is 458. The molecule has 1 saturated heterocycles. The summed E-state index contributed by atoms with van der Waals surface area (Å²) in [6.45, 7) is 7.01. The Morgan fingerprint density at radius 1 is 1.40 bits per heavy atom. The van der Waals surface area contributed by atoms with Crippen molar-refractivity contribution < 1.29 is 0 Å². The highest BCUT2D eigenvalue weighted by atomic mass is 32.1. The lowest BCUT2D eigenvalue weighted by Gasteiger charge is -2.38. The van der Waals surface area contributed by atoms with Crippen molar-refractivity contribution in [3.63, 3.8) is 0 Å². The van der Waals surface area contributed by atoms with E-state index in [0.29, 0.717) is 5.41 Å². The van der Waals surface area contributed by atoms with Gasteiger partial charge in [-0.1, -0.05) is 13.3 Å². The first-order chi connectivity index (χ1) is 9.66. The van der Waals surface area contributed by atoms with E-state index in [1.54, 1.807) is 11.3 Å². The normalized spacial score (nSPS) is 22.8. The predicted molar refractivity (Wildman–Crippen MR) is 84.3 cm³/mol. The van der Waals surface area contributed by atoms with E-state index in [4.69, 9.17) is 5.73 Å². The van der Waals surface area contributed by atoms with Gasteiger partial charge in [0.15, 0.2) is 11.1 Å². The van der Waals surface area contributed by atoms with Crippen LogP contribution in [0.5, 0.6) is 0 Å². The molecular formula is C14H23N5S. The quantitative estimate of drug-likeness (QED) is 0.681. The fourth-order valence-electron chi connectivity index (χ4n) is 2.81. The zero-order chi connectivity index (χ0) is 14.0. The molecule has 2 N–H and O–H groups in total. The molecule has 0 unspecified atom stereocenters. The Morgan fingerprint density at radius 2 is 2.15 bits per heavy atom. The number of hydrogen-bond donors (Lipinski definition) is 1. The molecule has 0 aromatic carbocycles. The largest absolute Gasteiger partial charge is 0.370 e. The highest BCUT2D eigenvalue weighted by Crippen LogP contribution is 2.40. The first-order valence-corrected chi connectivity index (χ1v) is 8.24. The van der Waals surface area contributed by atoms with Crippen molar-refractivity contribution in [3.8, 4) is 0 Å². The molecule has 2 heterocycles. The van der Waals surface area contributed by atoms with Crippen molar-refractivity contribution in [1.29, 1.82) is 0 Å². The molecule has 1 saturated carbocycles. The van der Waals surface area contributed by atoms with Gasteiger partial charge in [-0.15, -0.1) is 11.3 Å². The molecule has 5 nitrogen and oxygen atoms in total. The topological polar surface area (TPSA) is 57.8 Å². The summed E-state index contributed by atoms with van der Waals surface area (Å²) in [4.78, 5) is 13.5. The second-order valence-electron chi connectivity index (χ2n) is 6.13. The Kier molecular flexibility index (Phi) is 3.83. The molecule has 2 fully saturated rings. The average Bonchev–Trinajstić information content (AvgIpc) is 2.97. The molecule has 1 aliphatic carbocycles. The minimum atomic E-state index is 0.410. The minimum absolute atomic E-state index is 0.410. The molecule has 0 amide bonds. The van der Waals surface area contributed by atoms with Crippen LogP contribution in [-0.2, 0) is 0 Å². The van der Waals surface area contributed by atoms with Gasteiger partial charge < -0.3 is 15.5 Å². The molecule has 0 spiro atoms. The number of nitrogens with two attached hydrogens (primary N) is 1. The molecule has 0 atom stereocenters. The monoisotopic (exact) mass is 293 g/mol. The van der Waals surface area contributed by atoms with E-state index in [9.17, 15) is 0 Å². The molecule has 110 valence electrons. The Morgan fingerprint density at radius 3 is 2.70 bits per heavy atom. The van der Waals surface area contributed by atoms with E-state index in [2.05, 4.69) is 26.7 Å². The van der Waals surface area contributed by atoms with Crippen LogP contribution in [0.4, 0.5) is 5.13 Å². The number of aromatic nitrogens is 1. The summed E-state index contributed by atoms with van der Waals surface area (Å²) < 4.78 is 0. The molecule has 0 bridgehead atoms. The highest BCUT2D eigenvalue weighted by molar-refractivity contribution is 7.13. The average molecular weight is 293 g/mol. The van der Waals surface area contributed by atoms with Gasteiger partial charge in [-0.2, -0.15) is 0 Å². The van der Waals surface area contributed by atoms with E-state index < -0.39 is 0 Å². The number of aliphatic imine (C=N–C) groups is 1. The third-order valence-electron chi connectivity index (χ3n) is 4.48. The van der Waals surface area contributed by atoms with Gasteiger partial charge in [-0.25, -0.2) is 4.98 Å². The number of nitrogens with zero attached hydrogens (tertiary/aromatic N) is 4. The molecule has 1 aliphatic heterocycles. The first-order valence-electron chi connectivity index (χ1n) is 7.36. The van der Waals surface area contributed by atoms with Crippen molar-refractivity contribution >= 4 is 22.4 Å². The fourth-order valence-corrected chi connectivity index (χ4v) is 3.51. The van der Waals surface area contributed by atoms with Crippen LogP contribution in [0.15, 0.2) is 16.6 Å². The third-order valence-corrected chi connectivity index (χ3v) is 5.31. The SMILES string of the molecule is CC1(CN=C(N)N2CCN(c3nccs3)CC2)CCC1. The van der Waals surface area contributed by atoms with Crippen molar-refractivity contribution in [3.05, 3.63) is 11.6 Å². The predicted octanol–water partition coefficient (Wildman–Crippen LogP) is 1.77. The standard InChI is InChI=1S/C14H23N5S/c1-14(3-2-4-14)11-17-12(15)18-6-8-19(9-7-18)13-16-5-10-20-13/h5,10H,2-4,6-9,11H2,1H3,(H2,15,17). The van der Waals surface area contributed by atoms with E-state index in [1.807, 2.05) is 11.6 Å². The lowest BCUT2D eigenvalue weighted by molar-refractivity contribution is 0.173. The molecule has 2 aliphatic rings. The van der Waals surface area contributed by atoms with Crippen LogP contribution in [0.3, 0.4) is 0 Å². The van der Waals surface area contributed by atoms with Gasteiger partial charge in [0, 0.05) is 44.3 Å². The summed E-state index contributed by atoms with van der Waals surface area (Å²) in [5.74, 6) is 0.719. The van der Waals surface area contributed by atoms with Gasteiger partial charge >= 0.3 is 0 Å². The zero-order valence-corrected chi connectivity index (χ0v) is 12.9. The van der Waals surface area contributed by atoms with Crippen LogP contribution in [-0.4, -0.2) is 48.6 Å². The first kappa shape index (κ1) is 13.7. The molecule has 1 aromatic rings. The lowest BCUT2D eigenvalue weighted by Crippen LogP contribution is -2.51. The number of rotatable bonds is 3. The van der Waals surface area contributed by atoms with E-state index in [0.717, 1.165) is 43.8 Å². The molecule has 0 radical (unpaired) electrons. The molecule has 6 heteroatoms. The second kappa shape index (κ2) is 5.60. The van der Waals surface area contributed by atoms with E-state index in [1.165, 1.54) is 19.3 Å². The van der Waals surface area contributed by atoms with Gasteiger partial charge in [0.05, 0.1) is 0 Å². The molecule has 1 aromatic heterocycles. The maximum Gasteiger partial charge on any atom is 0.191 e. The maximum atomic E-state index is 6.14. The van der Waals surface area contributed by atoms with Crippen LogP contribution in [0.2, 0.25) is 0 Å². The number of thiazole rings is 1. The van der Waals surface area contributed by atoms with Gasteiger partial charge in [-0.3, -0.25) is 4.99 Å². The summed E-state index contributed by atoms with van der Waals surface area (Å²) in [5, 5.41) is 3.14. The summed E-state index contributed by atoms with van der Waals surface area (Å²) in [7, 11) is 0. The molecule has 20 heavy (non-hydrogen) atoms. The van der Waals surface area contributed by atoms with Gasteiger partial charge in [-0.05, 0) is 18.3 Å². The number of hydrogen-bond acceptors (Lipinski definition) is 4. The number of anilines is 1. The highest BCUT2D eigenvalue weighted by Gasteiger charge is 2.31. The summed E-state index contributed by atoms with van der Waals surface area (Å²) in [6.07, 6.45) is 5.79. The third kappa shape index (κ3) is 2.90. The Hall–Kier alpha value is -1.30. The van der Waals surface area contributed by atoms with E-state index >= 15 is 0 Å². The Labute approximate surface area is 124 Å². The molecule has 3 rings (SSSR count). The van der Waals surface area contributed by atoms with Crippen molar-refractivity contribution in [2.75, 3.05) is 37.6 Å². The van der Waals surface area contributed by atoms with Crippen LogP contribution in [0.1, 0.15) is 26.2 Å². The van der Waals surface area contributed by atoms with Crippen molar-refractivity contribution in [2.24, 2.45) is 16.1 Å². The van der Waals surface area contributed by atoms with Crippen LogP contribution in [0.25, 0.3) is 0 Å². The van der Waals surface area contributed by atoms with Crippen LogP contribution >= 0.6 is 11.3 Å².